The maximum atomic E-state index is 12.1. The van der Waals surface area contributed by atoms with E-state index in [1.807, 2.05) is 25.1 Å². The van der Waals surface area contributed by atoms with Crippen LogP contribution in [0, 0.1) is 0 Å². The van der Waals surface area contributed by atoms with Crippen LogP contribution >= 0.6 is 0 Å². The number of carbonyl (C=O) groups is 2. The van der Waals surface area contributed by atoms with Crippen molar-refractivity contribution in [2.75, 3.05) is 30.3 Å². The molecule has 0 unspecified atom stereocenters. The average Bonchev–Trinajstić information content (AvgIpc) is 2.67. The zero-order valence-corrected chi connectivity index (χ0v) is 15.9. The van der Waals surface area contributed by atoms with Gasteiger partial charge in [-0.25, -0.2) is 0 Å². The predicted octanol–water partition coefficient (Wildman–Crippen LogP) is 3.67. The van der Waals surface area contributed by atoms with Gasteiger partial charge in [0.25, 0.3) is 5.91 Å². The van der Waals surface area contributed by atoms with Gasteiger partial charge in [-0.2, -0.15) is 0 Å². The Kier molecular flexibility index (Phi) is 8.16. The highest BCUT2D eigenvalue weighted by Gasteiger charge is 2.06. The first kappa shape index (κ1) is 20.3. The van der Waals surface area contributed by atoms with Gasteiger partial charge in [-0.15, -0.1) is 0 Å². The van der Waals surface area contributed by atoms with Crippen molar-refractivity contribution in [3.63, 3.8) is 0 Å². The maximum absolute atomic E-state index is 12.1. The fourth-order valence-electron chi connectivity index (χ4n) is 2.44. The Balaban J connectivity index is 1.81. The van der Waals surface area contributed by atoms with Gasteiger partial charge in [-0.1, -0.05) is 19.4 Å². The molecule has 0 spiro atoms. The second-order valence-electron chi connectivity index (χ2n) is 6.05. The second kappa shape index (κ2) is 10.9. The molecule has 2 aromatic rings. The average molecular weight is 369 g/mol. The minimum Gasteiger partial charge on any atom is -0.494 e. The first-order valence-electron chi connectivity index (χ1n) is 9.27. The largest absolute Gasteiger partial charge is 0.494 e. The van der Waals surface area contributed by atoms with Crippen molar-refractivity contribution >= 4 is 23.2 Å². The van der Waals surface area contributed by atoms with E-state index in [2.05, 4.69) is 22.9 Å². The van der Waals surface area contributed by atoms with E-state index in [1.165, 1.54) is 0 Å². The van der Waals surface area contributed by atoms with Crippen LogP contribution in [0.25, 0.3) is 0 Å². The summed E-state index contributed by atoms with van der Waals surface area (Å²) < 4.78 is 5.42. The summed E-state index contributed by atoms with van der Waals surface area (Å²) in [6, 6.07) is 14.3. The summed E-state index contributed by atoms with van der Waals surface area (Å²) in [5.41, 5.74) is 2.07. The van der Waals surface area contributed by atoms with Gasteiger partial charge in [0.2, 0.25) is 5.91 Å². The molecule has 0 aliphatic carbocycles. The Morgan fingerprint density at radius 2 is 1.78 bits per heavy atom. The van der Waals surface area contributed by atoms with E-state index in [0.29, 0.717) is 24.4 Å². The first-order chi connectivity index (χ1) is 13.1. The van der Waals surface area contributed by atoms with E-state index in [-0.39, 0.29) is 18.4 Å². The molecular weight excluding hydrogens is 342 g/mol. The van der Waals surface area contributed by atoms with Gasteiger partial charge in [0.05, 0.1) is 13.2 Å². The third-order valence-electron chi connectivity index (χ3n) is 3.84. The van der Waals surface area contributed by atoms with Crippen LogP contribution in [0.2, 0.25) is 0 Å². The molecule has 0 saturated heterocycles. The van der Waals surface area contributed by atoms with Crippen LogP contribution < -0.4 is 20.7 Å². The summed E-state index contributed by atoms with van der Waals surface area (Å²) in [4.78, 5) is 24.1. The lowest BCUT2D eigenvalue weighted by Gasteiger charge is -2.10. The standard InChI is InChI=1S/C21H27N3O3/c1-3-5-13-22-21(26)16-9-11-17(12-10-16)23-15-20(25)24-18-7-6-8-19(14-18)27-4-2/h6-12,14,23H,3-5,13,15H2,1-2H3,(H,22,26)(H,24,25). The van der Waals surface area contributed by atoms with Crippen LogP contribution in [0.1, 0.15) is 37.0 Å². The minimum atomic E-state index is -0.162. The molecule has 0 aliphatic heterocycles. The van der Waals surface area contributed by atoms with Crippen molar-refractivity contribution in [3.05, 3.63) is 54.1 Å². The van der Waals surface area contributed by atoms with Gasteiger partial charge >= 0.3 is 0 Å². The lowest BCUT2D eigenvalue weighted by Crippen LogP contribution is -2.24. The van der Waals surface area contributed by atoms with Gasteiger partial charge < -0.3 is 20.7 Å². The molecule has 6 nitrogen and oxygen atoms in total. The van der Waals surface area contributed by atoms with Crippen LogP contribution in [0.4, 0.5) is 11.4 Å². The van der Waals surface area contributed by atoms with Gasteiger partial charge in [0.1, 0.15) is 5.75 Å². The molecule has 0 aromatic heterocycles. The number of hydrogen-bond acceptors (Lipinski definition) is 4. The highest BCUT2D eigenvalue weighted by molar-refractivity contribution is 5.95. The SMILES string of the molecule is CCCCNC(=O)c1ccc(NCC(=O)Nc2cccc(OCC)c2)cc1. The summed E-state index contributed by atoms with van der Waals surface area (Å²) in [6.07, 6.45) is 2.01. The molecule has 27 heavy (non-hydrogen) atoms. The monoisotopic (exact) mass is 369 g/mol. The summed E-state index contributed by atoms with van der Waals surface area (Å²) in [5, 5.41) is 8.75. The van der Waals surface area contributed by atoms with Crippen molar-refractivity contribution in [2.24, 2.45) is 0 Å². The Bertz CT molecular complexity index is 745. The molecule has 0 radical (unpaired) electrons. The summed E-state index contributed by atoms with van der Waals surface area (Å²) in [6.45, 7) is 5.38. The van der Waals surface area contributed by atoms with E-state index < -0.39 is 0 Å². The van der Waals surface area contributed by atoms with E-state index in [1.54, 1.807) is 30.3 Å². The first-order valence-corrected chi connectivity index (χ1v) is 9.27. The Hall–Kier alpha value is -3.02. The molecule has 2 rings (SSSR count). The smallest absolute Gasteiger partial charge is 0.251 e. The predicted molar refractivity (Wildman–Crippen MR) is 108 cm³/mol. The molecule has 0 aliphatic rings. The van der Waals surface area contributed by atoms with E-state index in [4.69, 9.17) is 4.74 Å². The normalized spacial score (nSPS) is 10.1. The van der Waals surface area contributed by atoms with Gasteiger partial charge in [0, 0.05) is 29.5 Å². The zero-order valence-electron chi connectivity index (χ0n) is 15.9. The number of benzene rings is 2. The van der Waals surface area contributed by atoms with Crippen LogP contribution in [0.15, 0.2) is 48.5 Å². The van der Waals surface area contributed by atoms with Crippen LogP contribution in [-0.2, 0) is 4.79 Å². The Labute approximate surface area is 160 Å². The van der Waals surface area contributed by atoms with Crippen molar-refractivity contribution in [1.82, 2.24) is 5.32 Å². The van der Waals surface area contributed by atoms with E-state index >= 15 is 0 Å². The summed E-state index contributed by atoms with van der Waals surface area (Å²) in [5.74, 6) is 0.475. The van der Waals surface area contributed by atoms with Crippen molar-refractivity contribution < 1.29 is 14.3 Å². The van der Waals surface area contributed by atoms with Crippen molar-refractivity contribution in [1.29, 1.82) is 0 Å². The highest BCUT2D eigenvalue weighted by atomic mass is 16.5. The lowest BCUT2D eigenvalue weighted by atomic mass is 10.2. The molecule has 6 heteroatoms. The van der Waals surface area contributed by atoms with E-state index in [0.717, 1.165) is 24.3 Å². The minimum absolute atomic E-state index is 0.0816. The topological polar surface area (TPSA) is 79.5 Å². The molecule has 3 N–H and O–H groups in total. The molecule has 0 heterocycles. The number of rotatable bonds is 10. The molecule has 144 valence electrons. The third-order valence-corrected chi connectivity index (χ3v) is 3.84. The van der Waals surface area contributed by atoms with Crippen LogP contribution in [0.5, 0.6) is 5.75 Å². The fraction of sp³-hybridized carbons (Fsp3) is 0.333. The summed E-state index contributed by atoms with van der Waals surface area (Å²) in [7, 11) is 0. The van der Waals surface area contributed by atoms with Gasteiger partial charge in [0.15, 0.2) is 0 Å². The second-order valence-corrected chi connectivity index (χ2v) is 6.05. The van der Waals surface area contributed by atoms with Gasteiger partial charge in [-0.05, 0) is 49.7 Å². The Morgan fingerprint density at radius 3 is 2.48 bits per heavy atom. The number of unbranched alkanes of at least 4 members (excludes halogenated alkanes) is 1. The Morgan fingerprint density at radius 1 is 1.00 bits per heavy atom. The molecule has 2 aromatic carbocycles. The summed E-state index contributed by atoms with van der Waals surface area (Å²) >= 11 is 0. The molecular formula is C21H27N3O3. The molecule has 2 amide bonds. The molecule has 0 atom stereocenters. The quantitative estimate of drug-likeness (QED) is 0.558. The fourth-order valence-corrected chi connectivity index (χ4v) is 2.44. The third kappa shape index (κ3) is 7.01. The van der Waals surface area contributed by atoms with Crippen LogP contribution in [-0.4, -0.2) is 31.5 Å². The number of amides is 2. The van der Waals surface area contributed by atoms with Crippen LogP contribution in [0.3, 0.4) is 0 Å². The lowest BCUT2D eigenvalue weighted by molar-refractivity contribution is -0.114. The number of hydrogen-bond donors (Lipinski definition) is 3. The maximum Gasteiger partial charge on any atom is 0.251 e. The van der Waals surface area contributed by atoms with Gasteiger partial charge in [-0.3, -0.25) is 9.59 Å². The zero-order chi connectivity index (χ0) is 19.5. The van der Waals surface area contributed by atoms with Crippen molar-refractivity contribution in [3.8, 4) is 5.75 Å². The number of carbonyl (C=O) groups excluding carboxylic acids is 2. The molecule has 0 saturated carbocycles. The number of nitrogens with one attached hydrogen (secondary N) is 3. The van der Waals surface area contributed by atoms with Crippen molar-refractivity contribution in [2.45, 2.75) is 26.7 Å². The highest BCUT2D eigenvalue weighted by Crippen LogP contribution is 2.17. The number of ether oxygens (including phenoxy) is 1. The number of anilines is 2. The van der Waals surface area contributed by atoms with E-state index in [9.17, 15) is 9.59 Å². The molecule has 0 fully saturated rings. The molecule has 0 bridgehead atoms.